The third-order valence-corrected chi connectivity index (χ3v) is 3.15. The maximum absolute atomic E-state index is 12.0. The number of carbonyl (C=O) groups excluding carboxylic acids is 1. The predicted molar refractivity (Wildman–Crippen MR) is 79.5 cm³/mol. The van der Waals surface area contributed by atoms with Gasteiger partial charge in [-0.25, -0.2) is 0 Å². The van der Waals surface area contributed by atoms with Crippen LogP contribution in [0.4, 0.5) is 0 Å². The molecule has 0 radical (unpaired) electrons. The maximum Gasteiger partial charge on any atom is 0.242 e. The first-order chi connectivity index (χ1) is 8.47. The third-order valence-electron chi connectivity index (χ3n) is 3.15. The number of hydrogen-bond donors (Lipinski definition) is 1. The number of carbonyl (C=O) groups is 1. The number of amides is 1. The Morgan fingerprint density at radius 2 is 1.89 bits per heavy atom. The molecule has 2 atom stereocenters. The molecule has 1 aromatic carbocycles. The van der Waals surface area contributed by atoms with E-state index in [0.29, 0.717) is 0 Å². The monoisotopic (exact) mass is 286 g/mol. The molecule has 0 aliphatic heterocycles. The Hall–Kier alpha value is -1.10. The number of nitrogens with zero attached hydrogens (tertiary/aromatic N) is 1. The van der Waals surface area contributed by atoms with Crippen LogP contribution in [0.3, 0.4) is 0 Å². The van der Waals surface area contributed by atoms with Gasteiger partial charge in [0.25, 0.3) is 0 Å². The van der Waals surface area contributed by atoms with Crippen molar-refractivity contribution in [3.8, 4) is 0 Å². The van der Waals surface area contributed by atoms with Gasteiger partial charge in [0.2, 0.25) is 5.91 Å². The fourth-order valence-electron chi connectivity index (χ4n) is 1.77. The highest BCUT2D eigenvalue weighted by Gasteiger charge is 2.22. The highest BCUT2D eigenvalue weighted by Crippen LogP contribution is 2.19. The van der Waals surface area contributed by atoms with Crippen LogP contribution in [0, 0.1) is 6.92 Å². The molecule has 2 unspecified atom stereocenters. The highest BCUT2D eigenvalue weighted by atomic mass is 35.5. The van der Waals surface area contributed by atoms with Crippen LogP contribution in [0.15, 0.2) is 24.3 Å². The Labute approximate surface area is 121 Å². The van der Waals surface area contributed by atoms with E-state index < -0.39 is 6.04 Å². The van der Waals surface area contributed by atoms with Gasteiger partial charge in [0.1, 0.15) is 6.04 Å². The van der Waals surface area contributed by atoms with Gasteiger partial charge in [-0.05, 0) is 19.4 Å². The summed E-state index contributed by atoms with van der Waals surface area (Å²) in [6, 6.07) is 7.55. The van der Waals surface area contributed by atoms with Gasteiger partial charge in [0, 0.05) is 14.2 Å². The molecule has 0 saturated heterocycles. The average molecular weight is 287 g/mol. The molecule has 108 valence electrons. The lowest BCUT2D eigenvalue weighted by Crippen LogP contribution is -2.45. The van der Waals surface area contributed by atoms with Gasteiger partial charge in [-0.3, -0.25) is 4.79 Å². The lowest BCUT2D eigenvalue weighted by Gasteiger charge is -2.27. The van der Waals surface area contributed by atoms with Gasteiger partial charge < -0.3 is 15.4 Å². The second-order valence-electron chi connectivity index (χ2n) is 4.60. The number of hydrogen-bond acceptors (Lipinski definition) is 3. The standard InChI is InChI=1S/C14H22N2O2.ClH/c1-10-5-7-12(8-6-10)11(2)16(3)14(17)13(15)9-18-4;/h5-8,11,13H,9,15H2,1-4H3;1H. The van der Waals surface area contributed by atoms with Crippen LogP contribution in [0.1, 0.15) is 24.1 Å². The lowest BCUT2D eigenvalue weighted by atomic mass is 10.0. The smallest absolute Gasteiger partial charge is 0.242 e. The van der Waals surface area contributed by atoms with E-state index in [-0.39, 0.29) is 31.0 Å². The van der Waals surface area contributed by atoms with Crippen molar-refractivity contribution in [2.24, 2.45) is 5.73 Å². The quantitative estimate of drug-likeness (QED) is 0.900. The number of rotatable bonds is 5. The molecule has 5 heteroatoms. The number of benzene rings is 1. The van der Waals surface area contributed by atoms with Gasteiger partial charge in [0.05, 0.1) is 12.6 Å². The van der Waals surface area contributed by atoms with Gasteiger partial charge in [-0.15, -0.1) is 12.4 Å². The van der Waals surface area contributed by atoms with Crippen LogP contribution in [-0.4, -0.2) is 37.6 Å². The Morgan fingerprint density at radius 1 is 1.37 bits per heavy atom. The van der Waals surface area contributed by atoms with E-state index in [0.717, 1.165) is 5.56 Å². The molecule has 4 nitrogen and oxygen atoms in total. The highest BCUT2D eigenvalue weighted by molar-refractivity contribution is 5.85. The minimum absolute atomic E-state index is 0. The van der Waals surface area contributed by atoms with Crippen LogP contribution in [0.25, 0.3) is 0 Å². The van der Waals surface area contributed by atoms with Gasteiger partial charge in [0.15, 0.2) is 0 Å². The Morgan fingerprint density at radius 3 is 2.37 bits per heavy atom. The molecule has 1 amide bonds. The number of likely N-dealkylation sites (N-methyl/N-ethyl adjacent to an activating group) is 1. The van der Waals surface area contributed by atoms with E-state index in [1.807, 2.05) is 38.1 Å². The van der Waals surface area contributed by atoms with E-state index >= 15 is 0 Å². The van der Waals surface area contributed by atoms with Crippen molar-refractivity contribution in [3.63, 3.8) is 0 Å². The van der Waals surface area contributed by atoms with Crippen molar-refractivity contribution in [2.45, 2.75) is 25.9 Å². The van der Waals surface area contributed by atoms with Gasteiger partial charge in [-0.1, -0.05) is 29.8 Å². The molecule has 19 heavy (non-hydrogen) atoms. The van der Waals surface area contributed by atoms with Crippen molar-refractivity contribution >= 4 is 18.3 Å². The SMILES string of the molecule is COCC(N)C(=O)N(C)C(C)c1ccc(C)cc1.Cl. The Kier molecular flexibility index (Phi) is 7.68. The molecule has 0 saturated carbocycles. The van der Waals surface area contributed by atoms with E-state index in [2.05, 4.69) is 0 Å². The Bertz CT molecular complexity index is 395. The number of halogens is 1. The van der Waals surface area contributed by atoms with Crippen LogP contribution < -0.4 is 5.73 Å². The largest absolute Gasteiger partial charge is 0.383 e. The van der Waals surface area contributed by atoms with Crippen LogP contribution in [0.5, 0.6) is 0 Å². The summed E-state index contributed by atoms with van der Waals surface area (Å²) < 4.78 is 4.90. The first-order valence-electron chi connectivity index (χ1n) is 6.05. The second kappa shape index (κ2) is 8.15. The molecule has 1 aromatic rings. The molecule has 0 aliphatic rings. The van der Waals surface area contributed by atoms with Crippen molar-refractivity contribution in [3.05, 3.63) is 35.4 Å². The topological polar surface area (TPSA) is 55.6 Å². The first-order valence-corrected chi connectivity index (χ1v) is 6.05. The van der Waals surface area contributed by atoms with Crippen molar-refractivity contribution in [1.29, 1.82) is 0 Å². The minimum atomic E-state index is -0.604. The average Bonchev–Trinajstić information content (AvgIpc) is 2.37. The molecule has 0 aromatic heterocycles. The second-order valence-corrected chi connectivity index (χ2v) is 4.60. The van der Waals surface area contributed by atoms with Crippen molar-refractivity contribution in [2.75, 3.05) is 20.8 Å². The fraction of sp³-hybridized carbons (Fsp3) is 0.500. The third kappa shape index (κ3) is 4.82. The van der Waals surface area contributed by atoms with Gasteiger partial charge in [-0.2, -0.15) is 0 Å². The van der Waals surface area contributed by atoms with Crippen LogP contribution in [-0.2, 0) is 9.53 Å². The zero-order valence-electron chi connectivity index (χ0n) is 11.9. The fourth-order valence-corrected chi connectivity index (χ4v) is 1.77. The summed E-state index contributed by atoms with van der Waals surface area (Å²) in [5.41, 5.74) is 8.06. The summed E-state index contributed by atoms with van der Waals surface area (Å²) in [6.45, 7) is 4.27. The van der Waals surface area contributed by atoms with Crippen molar-refractivity contribution in [1.82, 2.24) is 4.90 Å². The Balaban J connectivity index is 0.00000324. The number of nitrogens with two attached hydrogens (primary N) is 1. The van der Waals surface area contributed by atoms with E-state index in [1.54, 1.807) is 11.9 Å². The zero-order chi connectivity index (χ0) is 13.7. The van der Waals surface area contributed by atoms with Gasteiger partial charge >= 0.3 is 0 Å². The van der Waals surface area contributed by atoms with E-state index in [4.69, 9.17) is 10.5 Å². The normalized spacial score (nSPS) is 13.3. The first kappa shape index (κ1) is 17.9. The number of aryl methyl sites for hydroxylation is 1. The predicted octanol–water partition coefficient (Wildman–Crippen LogP) is 1.91. The summed E-state index contributed by atoms with van der Waals surface area (Å²) in [4.78, 5) is 13.7. The zero-order valence-corrected chi connectivity index (χ0v) is 12.7. The molecule has 0 aliphatic carbocycles. The van der Waals surface area contributed by atoms with E-state index in [9.17, 15) is 4.79 Å². The molecular formula is C14H23ClN2O2. The maximum atomic E-state index is 12.0. The van der Waals surface area contributed by atoms with Crippen LogP contribution >= 0.6 is 12.4 Å². The number of ether oxygens (including phenoxy) is 1. The molecular weight excluding hydrogens is 264 g/mol. The molecule has 2 N–H and O–H groups in total. The molecule has 0 spiro atoms. The molecule has 0 fully saturated rings. The molecule has 0 bridgehead atoms. The summed E-state index contributed by atoms with van der Waals surface area (Å²) in [7, 11) is 3.30. The molecule has 0 heterocycles. The minimum Gasteiger partial charge on any atom is -0.383 e. The van der Waals surface area contributed by atoms with E-state index in [1.165, 1.54) is 12.7 Å². The number of methoxy groups -OCH3 is 1. The summed E-state index contributed by atoms with van der Waals surface area (Å²) >= 11 is 0. The lowest BCUT2D eigenvalue weighted by molar-refractivity contribution is -0.134. The summed E-state index contributed by atoms with van der Waals surface area (Å²) in [5, 5.41) is 0. The summed E-state index contributed by atoms with van der Waals surface area (Å²) in [6.07, 6.45) is 0. The molecule has 1 rings (SSSR count). The summed E-state index contributed by atoms with van der Waals surface area (Å²) in [5.74, 6) is -0.107. The van der Waals surface area contributed by atoms with Crippen molar-refractivity contribution < 1.29 is 9.53 Å². The van der Waals surface area contributed by atoms with Crippen LogP contribution in [0.2, 0.25) is 0 Å².